The first kappa shape index (κ1) is 9.10. The van der Waals surface area contributed by atoms with Crippen LogP contribution in [0.3, 0.4) is 0 Å². The summed E-state index contributed by atoms with van der Waals surface area (Å²) in [5.74, 6) is 0. The maximum absolute atomic E-state index is 4.96. The average molecular weight is 146 g/mol. The summed E-state index contributed by atoms with van der Waals surface area (Å²) in [4.78, 5) is 0. The van der Waals surface area contributed by atoms with Crippen molar-refractivity contribution in [2.75, 3.05) is 27.8 Å². The summed E-state index contributed by atoms with van der Waals surface area (Å²) in [6.07, 6.45) is 0. The van der Waals surface area contributed by atoms with Gasteiger partial charge in [0.05, 0.1) is 0 Å². The molecule has 4 heteroatoms. The first-order valence-electron chi connectivity index (χ1n) is 2.68. The Morgan fingerprint density at radius 2 is 1.89 bits per heavy atom. The van der Waals surface area contributed by atoms with Gasteiger partial charge in [0.2, 0.25) is 0 Å². The van der Waals surface area contributed by atoms with Crippen LogP contribution in [-0.2, 0) is 9.47 Å². The molecule has 0 aliphatic rings. The summed E-state index contributed by atoms with van der Waals surface area (Å²) < 4.78 is 9.91. The van der Waals surface area contributed by atoms with Gasteiger partial charge in [-0.3, -0.25) is 0 Å². The molecule has 0 heterocycles. The van der Waals surface area contributed by atoms with E-state index in [4.69, 9.17) is 9.47 Å². The summed E-state index contributed by atoms with van der Waals surface area (Å²) in [5.41, 5.74) is -0.672. The minimum absolute atomic E-state index is 0.608. The Labute approximate surface area is 59.1 Å². The largest absolute Gasteiger partial charge is 0.357 e. The molecule has 0 rings (SSSR count). The Morgan fingerprint density at radius 3 is 2.00 bits per heavy atom. The molecule has 0 aromatic rings. The molecule has 0 fully saturated rings. The van der Waals surface area contributed by atoms with Gasteiger partial charge in [0, 0.05) is 20.8 Å². The molecule has 0 aliphatic heterocycles. The molecule has 0 unspecified atom stereocenters. The smallest absolute Gasteiger partial charge is 0.155 e. The molecule has 0 aromatic carbocycles. The fourth-order valence-electron chi connectivity index (χ4n) is 0.460. The molecule has 0 saturated heterocycles. The lowest BCUT2D eigenvalue weighted by atomic mass is 10.6. The van der Waals surface area contributed by atoms with Crippen LogP contribution in [0, 0.1) is 0 Å². The Bertz CT molecular complexity index is 75.4. The fourth-order valence-corrected chi connectivity index (χ4v) is 0.637. The van der Waals surface area contributed by atoms with Gasteiger partial charge in [0.25, 0.3) is 0 Å². The topological polar surface area (TPSA) is 30.5 Å². The SMILES string of the molecule is CNCC([Si])(OC)OC. The number of nitrogens with one attached hydrogen (secondary N) is 1. The average Bonchev–Trinajstić information content (AvgIpc) is 1.89. The van der Waals surface area contributed by atoms with Crippen molar-refractivity contribution in [1.82, 2.24) is 5.32 Å². The molecule has 0 amide bonds. The molecule has 0 aromatic heterocycles. The van der Waals surface area contributed by atoms with Gasteiger partial charge in [-0.15, -0.1) is 0 Å². The van der Waals surface area contributed by atoms with Gasteiger partial charge in [-0.2, -0.15) is 0 Å². The Hall–Kier alpha value is 0.0969. The molecule has 0 saturated carbocycles. The van der Waals surface area contributed by atoms with Crippen molar-refractivity contribution in [1.29, 1.82) is 0 Å². The van der Waals surface area contributed by atoms with E-state index in [0.717, 1.165) is 0 Å². The second-order valence-corrected chi connectivity index (χ2v) is 2.45. The Morgan fingerprint density at radius 1 is 1.44 bits per heavy atom. The Kier molecular flexibility index (Phi) is 4.04. The highest BCUT2D eigenvalue weighted by molar-refractivity contribution is 6.13. The number of ether oxygens (including phenoxy) is 2. The molecule has 3 nitrogen and oxygen atoms in total. The van der Waals surface area contributed by atoms with E-state index < -0.39 is 5.41 Å². The lowest BCUT2D eigenvalue weighted by Gasteiger charge is -2.25. The molecule has 53 valence electrons. The first-order valence-corrected chi connectivity index (χ1v) is 3.18. The van der Waals surface area contributed by atoms with E-state index in [1.165, 1.54) is 0 Å². The summed E-state index contributed by atoms with van der Waals surface area (Å²) >= 11 is 0. The van der Waals surface area contributed by atoms with Gasteiger partial charge in [-0.25, -0.2) is 0 Å². The van der Waals surface area contributed by atoms with Crippen LogP contribution in [0.2, 0.25) is 0 Å². The van der Waals surface area contributed by atoms with E-state index in [0.29, 0.717) is 6.54 Å². The third-order valence-electron chi connectivity index (χ3n) is 1.07. The summed E-state index contributed by atoms with van der Waals surface area (Å²) in [7, 11) is 8.27. The minimum atomic E-state index is -0.672. The third-order valence-corrected chi connectivity index (χ3v) is 1.65. The molecule has 3 radical (unpaired) electrons. The first-order chi connectivity index (χ1) is 4.18. The zero-order valence-corrected chi connectivity index (χ0v) is 7.02. The van der Waals surface area contributed by atoms with Crippen LogP contribution in [0.15, 0.2) is 0 Å². The van der Waals surface area contributed by atoms with Crippen LogP contribution < -0.4 is 5.32 Å². The van der Waals surface area contributed by atoms with Gasteiger partial charge < -0.3 is 14.8 Å². The molecular weight excluding hydrogens is 134 g/mol. The van der Waals surface area contributed by atoms with Crippen molar-refractivity contribution >= 4 is 10.2 Å². The number of hydrogen-bond acceptors (Lipinski definition) is 3. The highest BCUT2D eigenvalue weighted by Gasteiger charge is 2.20. The van der Waals surface area contributed by atoms with Crippen molar-refractivity contribution in [2.45, 2.75) is 5.41 Å². The zero-order chi connectivity index (χ0) is 7.33. The second-order valence-electron chi connectivity index (χ2n) is 1.69. The lowest BCUT2D eigenvalue weighted by Crippen LogP contribution is -2.43. The second kappa shape index (κ2) is 4.00. The van der Waals surface area contributed by atoms with Crippen LogP contribution >= 0.6 is 0 Å². The fraction of sp³-hybridized carbons (Fsp3) is 1.00. The summed E-state index contributed by atoms with van der Waals surface area (Å²) in [5, 5.41) is 2.91. The van der Waals surface area contributed by atoms with Crippen molar-refractivity contribution in [3.05, 3.63) is 0 Å². The van der Waals surface area contributed by atoms with Gasteiger partial charge in [-0.05, 0) is 7.05 Å². The van der Waals surface area contributed by atoms with Crippen LogP contribution in [0.1, 0.15) is 0 Å². The van der Waals surface area contributed by atoms with Crippen LogP contribution in [0.5, 0.6) is 0 Å². The lowest BCUT2D eigenvalue weighted by molar-refractivity contribution is -0.137. The predicted molar refractivity (Wildman–Crippen MR) is 36.4 cm³/mol. The van der Waals surface area contributed by atoms with Gasteiger partial charge in [-0.1, -0.05) is 0 Å². The normalized spacial score (nSPS) is 12.0. The molecule has 1 N–H and O–H groups in total. The van der Waals surface area contributed by atoms with Crippen molar-refractivity contribution in [3.63, 3.8) is 0 Å². The van der Waals surface area contributed by atoms with Gasteiger partial charge in [0.15, 0.2) is 5.41 Å². The van der Waals surface area contributed by atoms with E-state index in [2.05, 4.69) is 15.6 Å². The van der Waals surface area contributed by atoms with Crippen molar-refractivity contribution < 1.29 is 9.47 Å². The van der Waals surface area contributed by atoms with E-state index >= 15 is 0 Å². The number of rotatable bonds is 4. The van der Waals surface area contributed by atoms with E-state index in [1.54, 1.807) is 14.2 Å². The third kappa shape index (κ3) is 2.95. The van der Waals surface area contributed by atoms with E-state index in [9.17, 15) is 0 Å². The molecular formula is C5H12NO2Si. The molecule has 0 bridgehead atoms. The van der Waals surface area contributed by atoms with E-state index in [1.807, 2.05) is 7.05 Å². The summed E-state index contributed by atoms with van der Waals surface area (Å²) in [6.45, 7) is 0.608. The van der Waals surface area contributed by atoms with Crippen molar-refractivity contribution in [3.8, 4) is 0 Å². The van der Waals surface area contributed by atoms with Gasteiger partial charge >= 0.3 is 0 Å². The number of hydrogen-bond donors (Lipinski definition) is 1. The van der Waals surface area contributed by atoms with Crippen LogP contribution in [0.25, 0.3) is 0 Å². The predicted octanol–water partition coefficient (Wildman–Crippen LogP) is -0.679. The van der Waals surface area contributed by atoms with Crippen LogP contribution in [-0.4, -0.2) is 43.5 Å². The maximum Gasteiger partial charge on any atom is 0.155 e. The maximum atomic E-state index is 4.96. The molecule has 9 heavy (non-hydrogen) atoms. The van der Waals surface area contributed by atoms with E-state index in [-0.39, 0.29) is 0 Å². The highest BCUT2D eigenvalue weighted by atomic mass is 28.1. The minimum Gasteiger partial charge on any atom is -0.357 e. The standard InChI is InChI=1S/C5H12NO2Si/c1-6-4-5(9,7-2)8-3/h6H,4H2,1-3H3. The van der Waals surface area contributed by atoms with Gasteiger partial charge in [0.1, 0.15) is 10.2 Å². The number of likely N-dealkylation sites (N-methyl/N-ethyl adjacent to an activating group) is 1. The monoisotopic (exact) mass is 146 g/mol. The molecule has 0 atom stereocenters. The molecule has 0 spiro atoms. The van der Waals surface area contributed by atoms with Crippen molar-refractivity contribution in [2.24, 2.45) is 0 Å². The zero-order valence-electron chi connectivity index (χ0n) is 6.02. The Balaban J connectivity index is 3.62. The summed E-state index contributed by atoms with van der Waals surface area (Å²) in [6, 6.07) is 0. The number of methoxy groups -OCH3 is 2. The highest BCUT2D eigenvalue weighted by Crippen LogP contribution is 2.01. The quantitative estimate of drug-likeness (QED) is 0.421. The van der Waals surface area contributed by atoms with Crippen LogP contribution in [0.4, 0.5) is 0 Å². The molecule has 0 aliphatic carbocycles.